The minimum Gasteiger partial charge on any atom is -0.396 e. The molecule has 1 aliphatic heterocycles. The summed E-state index contributed by atoms with van der Waals surface area (Å²) in [5.41, 5.74) is 2.00. The standard InChI is InChI=1S/C16H22N2O3/c1-11(8-9-19)17-15(20)7-6-13-10-12-4-2-3-5-14(12)18-16(13)21/h2-5,11,13,19H,6-10H2,1H3,(H,17,20)(H,18,21). The van der Waals surface area contributed by atoms with Crippen LogP contribution in [0.25, 0.3) is 0 Å². The number of benzene rings is 1. The summed E-state index contributed by atoms with van der Waals surface area (Å²) >= 11 is 0. The third kappa shape index (κ3) is 4.29. The highest BCUT2D eigenvalue weighted by Crippen LogP contribution is 2.27. The summed E-state index contributed by atoms with van der Waals surface area (Å²) in [6, 6.07) is 7.72. The van der Waals surface area contributed by atoms with Crippen LogP contribution in [0.4, 0.5) is 5.69 Å². The highest BCUT2D eigenvalue weighted by Gasteiger charge is 2.26. The Bertz CT molecular complexity index is 516. The number of aliphatic hydroxyl groups is 1. The Hall–Kier alpha value is -1.88. The number of aliphatic hydroxyl groups excluding tert-OH is 1. The Balaban J connectivity index is 1.84. The average Bonchev–Trinajstić information content (AvgIpc) is 2.45. The van der Waals surface area contributed by atoms with Crippen molar-refractivity contribution < 1.29 is 14.7 Å². The van der Waals surface area contributed by atoms with Crippen LogP contribution < -0.4 is 10.6 Å². The molecule has 0 aromatic heterocycles. The van der Waals surface area contributed by atoms with Crippen molar-refractivity contribution >= 4 is 17.5 Å². The van der Waals surface area contributed by atoms with Crippen molar-refractivity contribution in [3.8, 4) is 0 Å². The maximum absolute atomic E-state index is 12.0. The molecule has 5 heteroatoms. The summed E-state index contributed by atoms with van der Waals surface area (Å²) < 4.78 is 0. The molecule has 5 nitrogen and oxygen atoms in total. The first-order valence-electron chi connectivity index (χ1n) is 7.39. The van der Waals surface area contributed by atoms with E-state index in [1.807, 2.05) is 31.2 Å². The number of fused-ring (bicyclic) bond motifs is 1. The van der Waals surface area contributed by atoms with Gasteiger partial charge in [0.05, 0.1) is 0 Å². The molecule has 0 fully saturated rings. The smallest absolute Gasteiger partial charge is 0.227 e. The van der Waals surface area contributed by atoms with Crippen LogP contribution in [0.5, 0.6) is 0 Å². The molecule has 114 valence electrons. The van der Waals surface area contributed by atoms with Gasteiger partial charge in [0.25, 0.3) is 0 Å². The lowest BCUT2D eigenvalue weighted by molar-refractivity contribution is -0.123. The molecule has 0 spiro atoms. The lowest BCUT2D eigenvalue weighted by Crippen LogP contribution is -2.35. The second-order valence-electron chi connectivity index (χ2n) is 5.57. The zero-order chi connectivity index (χ0) is 15.2. The third-order valence-corrected chi connectivity index (χ3v) is 3.80. The topological polar surface area (TPSA) is 78.4 Å². The third-order valence-electron chi connectivity index (χ3n) is 3.80. The van der Waals surface area contributed by atoms with Gasteiger partial charge in [-0.15, -0.1) is 0 Å². The van der Waals surface area contributed by atoms with Crippen LogP contribution in [0.1, 0.15) is 31.7 Å². The molecule has 1 aromatic carbocycles. The molecule has 1 heterocycles. The predicted molar refractivity (Wildman–Crippen MR) is 80.8 cm³/mol. The van der Waals surface area contributed by atoms with Gasteiger partial charge in [-0.1, -0.05) is 18.2 Å². The minimum atomic E-state index is -0.154. The van der Waals surface area contributed by atoms with Gasteiger partial charge in [0.15, 0.2) is 0 Å². The monoisotopic (exact) mass is 290 g/mol. The van der Waals surface area contributed by atoms with Gasteiger partial charge in [0, 0.05) is 30.7 Å². The molecule has 0 saturated carbocycles. The van der Waals surface area contributed by atoms with E-state index in [-0.39, 0.29) is 30.4 Å². The van der Waals surface area contributed by atoms with Crippen LogP contribution in [-0.2, 0) is 16.0 Å². The van der Waals surface area contributed by atoms with E-state index in [4.69, 9.17) is 5.11 Å². The maximum Gasteiger partial charge on any atom is 0.227 e. The summed E-state index contributed by atoms with van der Waals surface area (Å²) in [4.78, 5) is 23.8. The zero-order valence-corrected chi connectivity index (χ0v) is 12.3. The number of rotatable bonds is 6. The summed E-state index contributed by atoms with van der Waals surface area (Å²) in [7, 11) is 0. The van der Waals surface area contributed by atoms with E-state index in [2.05, 4.69) is 10.6 Å². The van der Waals surface area contributed by atoms with Gasteiger partial charge in [0.2, 0.25) is 11.8 Å². The van der Waals surface area contributed by atoms with E-state index in [9.17, 15) is 9.59 Å². The lowest BCUT2D eigenvalue weighted by atomic mass is 9.89. The largest absolute Gasteiger partial charge is 0.396 e. The predicted octanol–water partition coefficient (Wildman–Crippen LogP) is 1.46. The van der Waals surface area contributed by atoms with Crippen molar-refractivity contribution in [2.24, 2.45) is 5.92 Å². The van der Waals surface area contributed by atoms with Crippen LogP contribution in [0.15, 0.2) is 24.3 Å². The van der Waals surface area contributed by atoms with E-state index in [0.717, 1.165) is 11.3 Å². The molecule has 1 aromatic rings. The van der Waals surface area contributed by atoms with E-state index in [1.165, 1.54) is 0 Å². The second kappa shape index (κ2) is 7.22. The normalized spacial score (nSPS) is 18.6. The Kier molecular flexibility index (Phi) is 5.33. The van der Waals surface area contributed by atoms with E-state index >= 15 is 0 Å². The fourth-order valence-electron chi connectivity index (χ4n) is 2.56. The van der Waals surface area contributed by atoms with Crippen molar-refractivity contribution in [2.75, 3.05) is 11.9 Å². The Labute approximate surface area is 124 Å². The first-order chi connectivity index (χ1) is 10.1. The molecule has 21 heavy (non-hydrogen) atoms. The highest BCUT2D eigenvalue weighted by molar-refractivity contribution is 5.96. The number of anilines is 1. The first-order valence-corrected chi connectivity index (χ1v) is 7.39. The van der Waals surface area contributed by atoms with E-state index < -0.39 is 0 Å². The number of carbonyl (C=O) groups is 2. The van der Waals surface area contributed by atoms with Crippen molar-refractivity contribution in [3.05, 3.63) is 29.8 Å². The Morgan fingerprint density at radius 2 is 2.24 bits per heavy atom. The highest BCUT2D eigenvalue weighted by atomic mass is 16.3. The minimum absolute atomic E-state index is 0.00935. The van der Waals surface area contributed by atoms with E-state index in [1.54, 1.807) is 0 Å². The van der Waals surface area contributed by atoms with Crippen molar-refractivity contribution in [2.45, 2.75) is 38.6 Å². The number of para-hydroxylation sites is 1. The quantitative estimate of drug-likeness (QED) is 0.742. The van der Waals surface area contributed by atoms with Crippen LogP contribution in [0.3, 0.4) is 0 Å². The van der Waals surface area contributed by atoms with Gasteiger partial charge >= 0.3 is 0 Å². The summed E-state index contributed by atoms with van der Waals surface area (Å²) in [6.07, 6.45) is 2.10. The van der Waals surface area contributed by atoms with Crippen molar-refractivity contribution in [3.63, 3.8) is 0 Å². The molecule has 2 rings (SSSR count). The average molecular weight is 290 g/mol. The molecular formula is C16H22N2O3. The SMILES string of the molecule is CC(CCO)NC(=O)CCC1Cc2ccccc2NC1=O. The fraction of sp³-hybridized carbons (Fsp3) is 0.500. The van der Waals surface area contributed by atoms with Gasteiger partial charge in [0.1, 0.15) is 0 Å². The molecule has 0 aliphatic carbocycles. The summed E-state index contributed by atoms with van der Waals surface area (Å²) in [5, 5.41) is 14.5. The number of hydrogen-bond donors (Lipinski definition) is 3. The van der Waals surface area contributed by atoms with Crippen molar-refractivity contribution in [1.29, 1.82) is 0 Å². The Morgan fingerprint density at radius 1 is 1.48 bits per heavy atom. The summed E-state index contributed by atoms with van der Waals surface area (Å²) in [6.45, 7) is 1.92. The van der Waals surface area contributed by atoms with Crippen LogP contribution in [-0.4, -0.2) is 29.6 Å². The van der Waals surface area contributed by atoms with Crippen LogP contribution in [0.2, 0.25) is 0 Å². The molecular weight excluding hydrogens is 268 g/mol. The second-order valence-corrected chi connectivity index (χ2v) is 5.57. The van der Waals surface area contributed by atoms with Gasteiger partial charge in [-0.2, -0.15) is 0 Å². The first kappa shape index (κ1) is 15.5. The number of carbonyl (C=O) groups excluding carboxylic acids is 2. The van der Waals surface area contributed by atoms with Gasteiger partial charge in [-0.05, 0) is 37.8 Å². The number of hydrogen-bond acceptors (Lipinski definition) is 3. The lowest BCUT2D eigenvalue weighted by Gasteiger charge is -2.24. The maximum atomic E-state index is 12.0. The van der Waals surface area contributed by atoms with Gasteiger partial charge in [-0.3, -0.25) is 9.59 Å². The molecule has 2 amide bonds. The zero-order valence-electron chi connectivity index (χ0n) is 12.3. The van der Waals surface area contributed by atoms with Crippen molar-refractivity contribution in [1.82, 2.24) is 5.32 Å². The number of amides is 2. The number of nitrogens with one attached hydrogen (secondary N) is 2. The molecule has 0 saturated heterocycles. The Morgan fingerprint density at radius 3 is 3.00 bits per heavy atom. The molecule has 2 unspecified atom stereocenters. The van der Waals surface area contributed by atoms with Crippen LogP contribution in [0, 0.1) is 5.92 Å². The van der Waals surface area contributed by atoms with E-state index in [0.29, 0.717) is 25.7 Å². The fourth-order valence-corrected chi connectivity index (χ4v) is 2.56. The molecule has 3 N–H and O–H groups in total. The molecule has 0 radical (unpaired) electrons. The van der Waals surface area contributed by atoms with Gasteiger partial charge < -0.3 is 15.7 Å². The molecule has 1 aliphatic rings. The molecule has 0 bridgehead atoms. The summed E-state index contributed by atoms with van der Waals surface area (Å²) in [5.74, 6) is -0.230. The van der Waals surface area contributed by atoms with Crippen LogP contribution >= 0.6 is 0 Å². The molecule has 2 atom stereocenters. The van der Waals surface area contributed by atoms with Gasteiger partial charge in [-0.25, -0.2) is 0 Å².